The Kier molecular flexibility index (Phi) is 5.82. The molecule has 0 unspecified atom stereocenters. The van der Waals surface area contributed by atoms with Crippen LogP contribution in [0.25, 0.3) is 0 Å². The number of hydrogen-bond acceptors (Lipinski definition) is 5. The number of nitrogens with zero attached hydrogens (tertiary/aromatic N) is 1. The molecule has 1 atom stereocenters. The van der Waals surface area contributed by atoms with Gasteiger partial charge in [-0.15, -0.1) is 0 Å². The Morgan fingerprint density at radius 2 is 1.83 bits per heavy atom. The molecule has 0 saturated carbocycles. The molecule has 7 heteroatoms. The molecule has 1 N–H and O–H groups in total. The largest absolute Gasteiger partial charge is 0.452 e. The zero-order valence-electron chi connectivity index (χ0n) is 12.8. The van der Waals surface area contributed by atoms with Crippen molar-refractivity contribution >= 4 is 28.4 Å². The summed E-state index contributed by atoms with van der Waals surface area (Å²) >= 11 is 0. The third kappa shape index (κ3) is 4.27. The molecule has 0 heterocycles. The quantitative estimate of drug-likeness (QED) is 0.839. The molecular weight excluding hydrogens is 328 g/mol. The van der Waals surface area contributed by atoms with Crippen LogP contribution in [-0.4, -0.2) is 28.9 Å². The fraction of sp³-hybridized carbons (Fsp3) is 0.118. The zero-order chi connectivity index (χ0) is 17.5. The van der Waals surface area contributed by atoms with Gasteiger partial charge in [0, 0.05) is 6.26 Å². The molecule has 0 aliphatic carbocycles. The van der Waals surface area contributed by atoms with Gasteiger partial charge in [-0.05, 0) is 24.3 Å². The normalized spacial score (nSPS) is 11.2. The highest BCUT2D eigenvalue weighted by Gasteiger charge is 2.16. The summed E-state index contributed by atoms with van der Waals surface area (Å²) in [6.45, 7) is -0.511. The SMILES string of the molecule is C[S@@](=O)c1ccccc1C(=O)OCC(=O)Nc1ccccc1C#N. The molecule has 6 nitrogen and oxygen atoms in total. The Morgan fingerprint density at radius 1 is 1.17 bits per heavy atom. The molecule has 0 radical (unpaired) electrons. The Bertz CT molecular complexity index is 842. The van der Waals surface area contributed by atoms with Crippen molar-refractivity contribution in [2.45, 2.75) is 4.90 Å². The monoisotopic (exact) mass is 342 g/mol. The second-order valence-corrected chi connectivity index (χ2v) is 6.08. The lowest BCUT2D eigenvalue weighted by Crippen LogP contribution is -2.21. The molecule has 0 spiro atoms. The highest BCUT2D eigenvalue weighted by molar-refractivity contribution is 7.84. The van der Waals surface area contributed by atoms with Crippen molar-refractivity contribution in [1.82, 2.24) is 0 Å². The smallest absolute Gasteiger partial charge is 0.339 e. The Hall–Kier alpha value is -2.98. The Balaban J connectivity index is 2.01. The molecule has 0 saturated heterocycles. The Morgan fingerprint density at radius 3 is 2.54 bits per heavy atom. The number of amides is 1. The van der Waals surface area contributed by atoms with Crippen LogP contribution in [0.2, 0.25) is 0 Å². The molecule has 2 aromatic carbocycles. The first-order valence-electron chi connectivity index (χ1n) is 6.91. The molecule has 0 bridgehead atoms. The summed E-state index contributed by atoms with van der Waals surface area (Å²) in [5, 5.41) is 11.5. The van der Waals surface area contributed by atoms with Gasteiger partial charge >= 0.3 is 5.97 Å². The molecule has 122 valence electrons. The highest BCUT2D eigenvalue weighted by Crippen LogP contribution is 2.15. The van der Waals surface area contributed by atoms with E-state index >= 15 is 0 Å². The van der Waals surface area contributed by atoms with E-state index in [0.29, 0.717) is 16.1 Å². The van der Waals surface area contributed by atoms with Crippen molar-refractivity contribution in [3.8, 4) is 6.07 Å². The van der Waals surface area contributed by atoms with Crippen LogP contribution < -0.4 is 5.32 Å². The molecule has 2 rings (SSSR count). The highest BCUT2D eigenvalue weighted by atomic mass is 32.2. The molecule has 0 fully saturated rings. The lowest BCUT2D eigenvalue weighted by molar-refractivity contribution is -0.119. The van der Waals surface area contributed by atoms with Gasteiger partial charge in [0.25, 0.3) is 5.91 Å². The summed E-state index contributed by atoms with van der Waals surface area (Å²) in [6, 6.07) is 14.8. The van der Waals surface area contributed by atoms with Crippen LogP contribution in [0.4, 0.5) is 5.69 Å². The van der Waals surface area contributed by atoms with Gasteiger partial charge in [0.2, 0.25) is 0 Å². The van der Waals surface area contributed by atoms with E-state index in [9.17, 15) is 13.8 Å². The van der Waals surface area contributed by atoms with Gasteiger partial charge in [0.05, 0.1) is 32.5 Å². The Labute approximate surface area is 141 Å². The molecule has 2 aromatic rings. The van der Waals surface area contributed by atoms with Gasteiger partial charge in [0.15, 0.2) is 6.61 Å². The second kappa shape index (κ2) is 8.04. The molecule has 24 heavy (non-hydrogen) atoms. The van der Waals surface area contributed by atoms with E-state index < -0.39 is 29.3 Å². The van der Waals surface area contributed by atoms with Crippen molar-refractivity contribution in [3.05, 3.63) is 59.7 Å². The predicted octanol–water partition coefficient (Wildman–Crippen LogP) is 2.09. The standard InChI is InChI=1S/C17H14N2O4S/c1-24(22)15-9-5-3-7-13(15)17(21)23-11-16(20)19-14-8-4-2-6-12(14)10-18/h2-9H,11H2,1H3,(H,19,20)/t24-/m1/s1. The van der Waals surface area contributed by atoms with E-state index in [1.165, 1.54) is 12.3 Å². The van der Waals surface area contributed by atoms with Crippen LogP contribution in [0.1, 0.15) is 15.9 Å². The minimum Gasteiger partial charge on any atom is -0.452 e. The van der Waals surface area contributed by atoms with E-state index in [-0.39, 0.29) is 5.56 Å². The van der Waals surface area contributed by atoms with Crippen LogP contribution >= 0.6 is 0 Å². The number of hydrogen-bond donors (Lipinski definition) is 1. The maximum atomic E-state index is 12.1. The number of nitrogens with one attached hydrogen (secondary N) is 1. The van der Waals surface area contributed by atoms with E-state index in [2.05, 4.69) is 5.32 Å². The fourth-order valence-corrected chi connectivity index (χ4v) is 2.70. The van der Waals surface area contributed by atoms with Crippen LogP contribution in [0.15, 0.2) is 53.4 Å². The van der Waals surface area contributed by atoms with Crippen LogP contribution in [0.3, 0.4) is 0 Å². The maximum Gasteiger partial charge on any atom is 0.339 e. The van der Waals surface area contributed by atoms with Crippen molar-refractivity contribution in [2.24, 2.45) is 0 Å². The summed E-state index contributed by atoms with van der Waals surface area (Å²) in [5.41, 5.74) is 0.809. The van der Waals surface area contributed by atoms with E-state index in [1.807, 2.05) is 6.07 Å². The van der Waals surface area contributed by atoms with Gasteiger partial charge in [-0.1, -0.05) is 24.3 Å². The van der Waals surface area contributed by atoms with Crippen LogP contribution in [0.5, 0.6) is 0 Å². The molecule has 0 aliphatic heterocycles. The average Bonchev–Trinajstić information content (AvgIpc) is 2.60. The molecular formula is C17H14N2O4S. The van der Waals surface area contributed by atoms with Crippen molar-refractivity contribution < 1.29 is 18.5 Å². The first-order valence-corrected chi connectivity index (χ1v) is 8.47. The van der Waals surface area contributed by atoms with Gasteiger partial charge in [-0.2, -0.15) is 5.26 Å². The predicted molar refractivity (Wildman–Crippen MR) is 88.8 cm³/mol. The molecule has 0 aliphatic rings. The second-order valence-electron chi connectivity index (χ2n) is 4.73. The third-order valence-corrected chi connectivity index (χ3v) is 4.05. The molecule has 1 amide bonds. The van der Waals surface area contributed by atoms with E-state index in [0.717, 1.165) is 0 Å². The number of esters is 1. The van der Waals surface area contributed by atoms with Gasteiger partial charge < -0.3 is 10.1 Å². The summed E-state index contributed by atoms with van der Waals surface area (Å²) in [7, 11) is -1.35. The van der Waals surface area contributed by atoms with Gasteiger partial charge in [-0.3, -0.25) is 9.00 Å². The average molecular weight is 342 g/mol. The summed E-state index contributed by atoms with van der Waals surface area (Å²) in [5.74, 6) is -1.30. The number of ether oxygens (including phenoxy) is 1. The van der Waals surface area contributed by atoms with Gasteiger partial charge in [-0.25, -0.2) is 4.79 Å². The van der Waals surface area contributed by atoms with Gasteiger partial charge in [0.1, 0.15) is 6.07 Å². The number of rotatable bonds is 5. The van der Waals surface area contributed by atoms with Crippen molar-refractivity contribution in [3.63, 3.8) is 0 Å². The fourth-order valence-electron chi connectivity index (χ4n) is 1.97. The first-order chi connectivity index (χ1) is 11.5. The maximum absolute atomic E-state index is 12.1. The van der Waals surface area contributed by atoms with E-state index in [1.54, 1.807) is 42.5 Å². The number of carbonyl (C=O) groups excluding carboxylic acids is 2. The first kappa shape index (κ1) is 17.4. The number of para-hydroxylation sites is 1. The number of anilines is 1. The van der Waals surface area contributed by atoms with Crippen molar-refractivity contribution in [2.75, 3.05) is 18.2 Å². The summed E-state index contributed by atoms with van der Waals surface area (Å²) in [4.78, 5) is 24.3. The topological polar surface area (TPSA) is 96.3 Å². The number of carbonyl (C=O) groups is 2. The zero-order valence-corrected chi connectivity index (χ0v) is 13.6. The van der Waals surface area contributed by atoms with Crippen LogP contribution in [0, 0.1) is 11.3 Å². The minimum absolute atomic E-state index is 0.156. The number of nitriles is 1. The lowest BCUT2D eigenvalue weighted by atomic mass is 10.2. The third-order valence-electron chi connectivity index (χ3n) is 3.07. The minimum atomic E-state index is -1.35. The van der Waals surface area contributed by atoms with Crippen molar-refractivity contribution in [1.29, 1.82) is 5.26 Å². The summed E-state index contributed by atoms with van der Waals surface area (Å²) < 4.78 is 16.6. The van der Waals surface area contributed by atoms with E-state index in [4.69, 9.17) is 10.00 Å². The molecule has 0 aromatic heterocycles. The van der Waals surface area contributed by atoms with Crippen LogP contribution in [-0.2, 0) is 20.3 Å². The summed E-state index contributed by atoms with van der Waals surface area (Å²) in [6.07, 6.45) is 1.46. The lowest BCUT2D eigenvalue weighted by Gasteiger charge is -2.09. The number of benzene rings is 2.